The molecule has 0 saturated heterocycles. The molecule has 0 saturated carbocycles. The largest absolute Gasteiger partial charge is 0.381 e. The van der Waals surface area contributed by atoms with Crippen LogP contribution in [0.1, 0.15) is 16.7 Å². The molecule has 1 N–H and O–H groups in total. The van der Waals surface area contributed by atoms with Gasteiger partial charge in [-0.25, -0.2) is 0 Å². The summed E-state index contributed by atoms with van der Waals surface area (Å²) < 4.78 is 2.07. The molecule has 0 atom stereocenters. The maximum atomic E-state index is 3.44. The monoisotopic (exact) mass is 214 g/mol. The minimum atomic E-state index is 0.879. The molecule has 2 aromatic rings. The van der Waals surface area contributed by atoms with Crippen molar-refractivity contribution >= 4 is 5.69 Å². The van der Waals surface area contributed by atoms with E-state index in [-0.39, 0.29) is 0 Å². The molecule has 0 radical (unpaired) electrons. The molecule has 0 unspecified atom stereocenters. The van der Waals surface area contributed by atoms with Crippen molar-refractivity contribution in [3.05, 3.63) is 53.3 Å². The van der Waals surface area contributed by atoms with Gasteiger partial charge in [0.1, 0.15) is 0 Å². The van der Waals surface area contributed by atoms with Crippen LogP contribution >= 0.6 is 0 Å². The molecule has 0 spiro atoms. The van der Waals surface area contributed by atoms with E-state index in [1.54, 1.807) is 0 Å². The lowest BCUT2D eigenvalue weighted by Gasteiger charge is -2.07. The Hall–Kier alpha value is -1.70. The molecule has 0 bridgehead atoms. The number of rotatable bonds is 3. The molecule has 0 aliphatic carbocycles. The van der Waals surface area contributed by atoms with Gasteiger partial charge in [-0.1, -0.05) is 6.07 Å². The van der Waals surface area contributed by atoms with E-state index >= 15 is 0 Å². The van der Waals surface area contributed by atoms with E-state index in [2.05, 4.69) is 60.4 Å². The van der Waals surface area contributed by atoms with E-state index in [0.717, 1.165) is 6.54 Å². The highest BCUT2D eigenvalue weighted by atomic mass is 14.9. The van der Waals surface area contributed by atoms with Crippen molar-refractivity contribution in [1.82, 2.24) is 4.57 Å². The SMILES string of the molecule is Cc1cc(C)cc(NCc2ccn(C)c2)c1. The van der Waals surface area contributed by atoms with Crippen LogP contribution in [0.3, 0.4) is 0 Å². The normalized spacial score (nSPS) is 10.4. The number of nitrogens with zero attached hydrogens (tertiary/aromatic N) is 1. The molecular weight excluding hydrogens is 196 g/mol. The van der Waals surface area contributed by atoms with Crippen molar-refractivity contribution < 1.29 is 0 Å². The Kier molecular flexibility index (Phi) is 3.00. The second-order valence-corrected chi connectivity index (χ2v) is 4.42. The molecule has 1 aromatic heterocycles. The van der Waals surface area contributed by atoms with Crippen LogP contribution in [0.4, 0.5) is 5.69 Å². The van der Waals surface area contributed by atoms with Crippen molar-refractivity contribution in [2.45, 2.75) is 20.4 Å². The van der Waals surface area contributed by atoms with Gasteiger partial charge in [0, 0.05) is 31.7 Å². The quantitative estimate of drug-likeness (QED) is 0.830. The second-order valence-electron chi connectivity index (χ2n) is 4.42. The third kappa shape index (κ3) is 2.66. The van der Waals surface area contributed by atoms with Gasteiger partial charge in [0.05, 0.1) is 0 Å². The van der Waals surface area contributed by atoms with Crippen LogP contribution in [-0.2, 0) is 13.6 Å². The molecular formula is C14H18N2. The lowest BCUT2D eigenvalue weighted by Crippen LogP contribution is -1.99. The maximum Gasteiger partial charge on any atom is 0.0415 e. The third-order valence-electron chi connectivity index (χ3n) is 2.61. The Labute approximate surface area is 96.9 Å². The average molecular weight is 214 g/mol. The van der Waals surface area contributed by atoms with Gasteiger partial charge in [0.2, 0.25) is 0 Å². The lowest BCUT2D eigenvalue weighted by atomic mass is 10.1. The van der Waals surface area contributed by atoms with E-state index in [1.165, 1.54) is 22.4 Å². The number of aromatic nitrogens is 1. The Morgan fingerprint density at radius 3 is 2.38 bits per heavy atom. The first kappa shape index (κ1) is 10.8. The first-order chi connectivity index (χ1) is 7.63. The van der Waals surface area contributed by atoms with Crippen LogP contribution in [0.15, 0.2) is 36.7 Å². The van der Waals surface area contributed by atoms with Gasteiger partial charge >= 0.3 is 0 Å². The van der Waals surface area contributed by atoms with Gasteiger partial charge in [0.15, 0.2) is 0 Å². The van der Waals surface area contributed by atoms with Gasteiger partial charge in [-0.3, -0.25) is 0 Å². The Morgan fingerprint density at radius 2 is 1.81 bits per heavy atom. The van der Waals surface area contributed by atoms with Crippen molar-refractivity contribution in [2.24, 2.45) is 7.05 Å². The van der Waals surface area contributed by atoms with E-state index in [9.17, 15) is 0 Å². The van der Waals surface area contributed by atoms with Gasteiger partial charge in [-0.15, -0.1) is 0 Å². The summed E-state index contributed by atoms with van der Waals surface area (Å²) in [7, 11) is 2.04. The number of anilines is 1. The molecule has 2 heteroatoms. The topological polar surface area (TPSA) is 17.0 Å². The van der Waals surface area contributed by atoms with Crippen LogP contribution in [0.25, 0.3) is 0 Å². The first-order valence-electron chi connectivity index (χ1n) is 5.56. The zero-order valence-corrected chi connectivity index (χ0v) is 10.1. The van der Waals surface area contributed by atoms with Crippen molar-refractivity contribution in [2.75, 3.05) is 5.32 Å². The summed E-state index contributed by atoms with van der Waals surface area (Å²) in [6, 6.07) is 8.68. The van der Waals surface area contributed by atoms with Gasteiger partial charge in [-0.2, -0.15) is 0 Å². The van der Waals surface area contributed by atoms with Crippen LogP contribution in [0.2, 0.25) is 0 Å². The fraction of sp³-hybridized carbons (Fsp3) is 0.286. The first-order valence-corrected chi connectivity index (χ1v) is 5.56. The van der Waals surface area contributed by atoms with Crippen molar-refractivity contribution in [3.63, 3.8) is 0 Å². The second kappa shape index (κ2) is 4.44. The lowest BCUT2D eigenvalue weighted by molar-refractivity contribution is 0.920. The number of aryl methyl sites for hydroxylation is 3. The average Bonchev–Trinajstić information content (AvgIpc) is 2.60. The molecule has 84 valence electrons. The highest BCUT2D eigenvalue weighted by molar-refractivity contribution is 5.48. The molecule has 1 aromatic carbocycles. The van der Waals surface area contributed by atoms with E-state index in [0.29, 0.717) is 0 Å². The van der Waals surface area contributed by atoms with E-state index < -0.39 is 0 Å². The summed E-state index contributed by atoms with van der Waals surface area (Å²) in [6.07, 6.45) is 4.20. The number of benzene rings is 1. The molecule has 16 heavy (non-hydrogen) atoms. The van der Waals surface area contributed by atoms with E-state index in [4.69, 9.17) is 0 Å². The molecule has 2 nitrogen and oxygen atoms in total. The zero-order chi connectivity index (χ0) is 11.5. The molecule has 2 rings (SSSR count). The maximum absolute atomic E-state index is 3.44. The van der Waals surface area contributed by atoms with Crippen LogP contribution in [-0.4, -0.2) is 4.57 Å². The van der Waals surface area contributed by atoms with Crippen molar-refractivity contribution in [1.29, 1.82) is 0 Å². The number of hydrogen-bond acceptors (Lipinski definition) is 1. The number of nitrogens with one attached hydrogen (secondary N) is 1. The summed E-state index contributed by atoms with van der Waals surface area (Å²) in [5.41, 5.74) is 5.11. The Bertz CT molecular complexity index is 463. The van der Waals surface area contributed by atoms with E-state index in [1.807, 2.05) is 7.05 Å². The predicted octanol–water partition coefficient (Wildman–Crippen LogP) is 3.25. The standard InChI is InChI=1S/C14H18N2/c1-11-6-12(2)8-14(7-11)15-9-13-4-5-16(3)10-13/h4-8,10,15H,9H2,1-3H3. The van der Waals surface area contributed by atoms with Gasteiger partial charge in [0.25, 0.3) is 0 Å². The zero-order valence-electron chi connectivity index (χ0n) is 10.1. The fourth-order valence-corrected chi connectivity index (χ4v) is 1.95. The summed E-state index contributed by atoms with van der Waals surface area (Å²) in [4.78, 5) is 0. The smallest absolute Gasteiger partial charge is 0.0415 e. The van der Waals surface area contributed by atoms with Gasteiger partial charge in [-0.05, 0) is 48.7 Å². The molecule has 0 aliphatic rings. The van der Waals surface area contributed by atoms with Crippen LogP contribution in [0, 0.1) is 13.8 Å². The Balaban J connectivity index is 2.04. The summed E-state index contributed by atoms with van der Waals surface area (Å²) in [5, 5.41) is 3.44. The molecule has 0 amide bonds. The number of hydrogen-bond donors (Lipinski definition) is 1. The summed E-state index contributed by atoms with van der Waals surface area (Å²) >= 11 is 0. The third-order valence-corrected chi connectivity index (χ3v) is 2.61. The highest BCUT2D eigenvalue weighted by Gasteiger charge is 1.97. The van der Waals surface area contributed by atoms with Crippen molar-refractivity contribution in [3.8, 4) is 0 Å². The molecule has 1 heterocycles. The summed E-state index contributed by atoms with van der Waals surface area (Å²) in [5.74, 6) is 0. The minimum Gasteiger partial charge on any atom is -0.381 e. The van der Waals surface area contributed by atoms with Gasteiger partial charge < -0.3 is 9.88 Å². The predicted molar refractivity (Wildman–Crippen MR) is 68.7 cm³/mol. The fourth-order valence-electron chi connectivity index (χ4n) is 1.95. The highest BCUT2D eigenvalue weighted by Crippen LogP contribution is 2.14. The molecule has 0 fully saturated rings. The van der Waals surface area contributed by atoms with Crippen LogP contribution < -0.4 is 5.32 Å². The minimum absolute atomic E-state index is 0.879. The molecule has 0 aliphatic heterocycles. The summed E-state index contributed by atoms with van der Waals surface area (Å²) in [6.45, 7) is 5.13. The Morgan fingerprint density at radius 1 is 1.12 bits per heavy atom. The van der Waals surface area contributed by atoms with Crippen LogP contribution in [0.5, 0.6) is 0 Å².